The monoisotopic (exact) mass is 240 g/mol. The zero-order valence-electron chi connectivity index (χ0n) is 9.97. The van der Waals surface area contributed by atoms with E-state index in [-0.39, 0.29) is 18.0 Å². The highest BCUT2D eigenvalue weighted by atomic mass is 16.6. The molecule has 0 saturated carbocycles. The van der Waals surface area contributed by atoms with Gasteiger partial charge in [0.25, 0.3) is 5.91 Å². The SMILES string of the molecule is C=C(C)CN(CC)C(=O)C1CC(C(=O)O)=NO1. The summed E-state index contributed by atoms with van der Waals surface area (Å²) in [4.78, 5) is 29.0. The summed E-state index contributed by atoms with van der Waals surface area (Å²) in [5.74, 6) is -1.40. The lowest BCUT2D eigenvalue weighted by Gasteiger charge is -2.22. The minimum absolute atomic E-state index is 0.0147. The van der Waals surface area contributed by atoms with Crippen LogP contribution in [0.1, 0.15) is 20.3 Å². The van der Waals surface area contributed by atoms with Crippen molar-refractivity contribution in [1.29, 1.82) is 0 Å². The lowest BCUT2D eigenvalue weighted by atomic mass is 10.1. The number of amides is 1. The van der Waals surface area contributed by atoms with E-state index in [2.05, 4.69) is 11.7 Å². The first-order valence-electron chi connectivity index (χ1n) is 5.34. The maximum Gasteiger partial charge on any atom is 0.353 e. The zero-order chi connectivity index (χ0) is 13.0. The van der Waals surface area contributed by atoms with Crippen LogP contribution in [0.3, 0.4) is 0 Å². The third-order valence-electron chi connectivity index (χ3n) is 2.35. The third kappa shape index (κ3) is 3.30. The molecule has 1 heterocycles. The van der Waals surface area contributed by atoms with E-state index in [9.17, 15) is 9.59 Å². The molecule has 1 aliphatic rings. The van der Waals surface area contributed by atoms with Crippen LogP contribution in [0.5, 0.6) is 0 Å². The van der Waals surface area contributed by atoms with E-state index in [1.807, 2.05) is 13.8 Å². The van der Waals surface area contributed by atoms with Gasteiger partial charge in [0.2, 0.25) is 6.10 Å². The molecule has 1 unspecified atom stereocenters. The molecule has 1 rings (SSSR count). The van der Waals surface area contributed by atoms with Crippen molar-refractivity contribution in [3.05, 3.63) is 12.2 Å². The Morgan fingerprint density at radius 1 is 1.65 bits per heavy atom. The van der Waals surface area contributed by atoms with Gasteiger partial charge in [0.1, 0.15) is 0 Å². The quantitative estimate of drug-likeness (QED) is 0.715. The Balaban J connectivity index is 2.60. The number of aliphatic carboxylic acids is 1. The van der Waals surface area contributed by atoms with Gasteiger partial charge in [-0.15, -0.1) is 0 Å². The van der Waals surface area contributed by atoms with Crippen LogP contribution < -0.4 is 0 Å². The molecule has 0 aromatic rings. The van der Waals surface area contributed by atoms with Crippen molar-refractivity contribution < 1.29 is 19.5 Å². The number of hydrogen-bond donors (Lipinski definition) is 1. The van der Waals surface area contributed by atoms with Crippen LogP contribution in [0.4, 0.5) is 0 Å². The smallest absolute Gasteiger partial charge is 0.353 e. The number of oxime groups is 1. The molecule has 0 aromatic heterocycles. The Kier molecular flexibility index (Phi) is 4.25. The fourth-order valence-corrected chi connectivity index (χ4v) is 1.51. The average molecular weight is 240 g/mol. The molecule has 0 aliphatic carbocycles. The second-order valence-electron chi connectivity index (χ2n) is 3.95. The van der Waals surface area contributed by atoms with Crippen molar-refractivity contribution >= 4 is 17.6 Å². The Bertz CT molecular complexity index is 376. The number of likely N-dealkylation sites (N-methyl/N-ethyl adjacent to an activating group) is 1. The van der Waals surface area contributed by atoms with Gasteiger partial charge >= 0.3 is 5.97 Å². The summed E-state index contributed by atoms with van der Waals surface area (Å²) in [7, 11) is 0. The standard InChI is InChI=1S/C11H16N2O4/c1-4-13(6-7(2)3)10(14)9-5-8(11(15)16)12-17-9/h9H,2,4-6H2,1,3H3,(H,15,16). The molecule has 1 N–H and O–H groups in total. The van der Waals surface area contributed by atoms with Gasteiger partial charge in [-0.25, -0.2) is 4.79 Å². The van der Waals surface area contributed by atoms with E-state index in [4.69, 9.17) is 9.94 Å². The molecule has 1 aliphatic heterocycles. The predicted molar refractivity (Wildman–Crippen MR) is 61.6 cm³/mol. The van der Waals surface area contributed by atoms with Crippen molar-refractivity contribution in [2.75, 3.05) is 13.1 Å². The average Bonchev–Trinajstić information content (AvgIpc) is 2.73. The molecule has 0 radical (unpaired) electrons. The first-order chi connectivity index (χ1) is 7.95. The van der Waals surface area contributed by atoms with Crippen molar-refractivity contribution in [3.8, 4) is 0 Å². The number of nitrogens with zero attached hydrogens (tertiary/aromatic N) is 2. The molecular formula is C11H16N2O4. The van der Waals surface area contributed by atoms with Crippen LogP contribution in [-0.2, 0) is 14.4 Å². The van der Waals surface area contributed by atoms with Crippen LogP contribution in [0.25, 0.3) is 0 Å². The Labute approximate surface area is 99.5 Å². The van der Waals surface area contributed by atoms with E-state index < -0.39 is 12.1 Å². The van der Waals surface area contributed by atoms with Crippen LogP contribution in [0, 0.1) is 0 Å². The third-order valence-corrected chi connectivity index (χ3v) is 2.35. The molecule has 6 nitrogen and oxygen atoms in total. The van der Waals surface area contributed by atoms with Crippen LogP contribution in [0.15, 0.2) is 17.3 Å². The highest BCUT2D eigenvalue weighted by Gasteiger charge is 2.33. The largest absolute Gasteiger partial charge is 0.477 e. The summed E-state index contributed by atoms with van der Waals surface area (Å²) in [5.41, 5.74) is 0.743. The number of carbonyl (C=O) groups is 2. The van der Waals surface area contributed by atoms with Gasteiger partial charge in [-0.05, 0) is 13.8 Å². The number of carboxylic acids is 1. The second-order valence-corrected chi connectivity index (χ2v) is 3.95. The van der Waals surface area contributed by atoms with Crippen molar-refractivity contribution in [2.45, 2.75) is 26.4 Å². The Morgan fingerprint density at radius 3 is 2.71 bits per heavy atom. The normalized spacial score (nSPS) is 18.2. The van der Waals surface area contributed by atoms with Gasteiger partial charge in [-0.2, -0.15) is 0 Å². The summed E-state index contributed by atoms with van der Waals surface area (Å²) in [6.07, 6.45) is -0.804. The maximum atomic E-state index is 12.0. The lowest BCUT2D eigenvalue weighted by Crippen LogP contribution is -2.40. The van der Waals surface area contributed by atoms with Crippen LogP contribution in [0.2, 0.25) is 0 Å². The first-order valence-corrected chi connectivity index (χ1v) is 5.34. The second kappa shape index (κ2) is 5.47. The van der Waals surface area contributed by atoms with E-state index >= 15 is 0 Å². The summed E-state index contributed by atoms with van der Waals surface area (Å²) < 4.78 is 0. The summed E-state index contributed by atoms with van der Waals surface area (Å²) in [6, 6.07) is 0. The molecule has 6 heteroatoms. The molecule has 1 amide bonds. The van der Waals surface area contributed by atoms with Gasteiger partial charge < -0.3 is 14.8 Å². The van der Waals surface area contributed by atoms with Crippen LogP contribution in [-0.4, -0.2) is 46.8 Å². The van der Waals surface area contributed by atoms with E-state index in [0.717, 1.165) is 5.57 Å². The first kappa shape index (κ1) is 13.2. The molecule has 17 heavy (non-hydrogen) atoms. The van der Waals surface area contributed by atoms with Crippen molar-refractivity contribution in [3.63, 3.8) is 0 Å². The zero-order valence-corrected chi connectivity index (χ0v) is 9.97. The number of carbonyl (C=O) groups excluding carboxylic acids is 1. The van der Waals surface area contributed by atoms with E-state index in [1.54, 1.807) is 4.90 Å². The number of carboxylic acid groups (broad SMARTS) is 1. The number of rotatable bonds is 5. The fourth-order valence-electron chi connectivity index (χ4n) is 1.51. The molecule has 0 fully saturated rings. The van der Waals surface area contributed by atoms with Gasteiger partial charge in [-0.3, -0.25) is 4.79 Å². The maximum absolute atomic E-state index is 12.0. The highest BCUT2D eigenvalue weighted by molar-refractivity contribution is 6.36. The Morgan fingerprint density at radius 2 is 2.29 bits per heavy atom. The van der Waals surface area contributed by atoms with E-state index in [1.165, 1.54) is 0 Å². The molecule has 0 saturated heterocycles. The molecule has 0 spiro atoms. The van der Waals surface area contributed by atoms with Crippen molar-refractivity contribution in [1.82, 2.24) is 4.90 Å². The Hall–Kier alpha value is -1.85. The van der Waals surface area contributed by atoms with Gasteiger partial charge in [0.05, 0.1) is 0 Å². The molecular weight excluding hydrogens is 224 g/mol. The van der Waals surface area contributed by atoms with Gasteiger partial charge in [-0.1, -0.05) is 17.3 Å². The summed E-state index contributed by atoms with van der Waals surface area (Å²) in [6.45, 7) is 8.37. The molecule has 0 bridgehead atoms. The number of hydrogen-bond acceptors (Lipinski definition) is 4. The predicted octanol–water partition coefficient (Wildman–Crippen LogP) is 0.640. The van der Waals surface area contributed by atoms with E-state index in [0.29, 0.717) is 13.1 Å². The fraction of sp³-hybridized carbons (Fsp3) is 0.545. The highest BCUT2D eigenvalue weighted by Crippen LogP contribution is 2.14. The minimum atomic E-state index is -1.15. The van der Waals surface area contributed by atoms with Gasteiger partial charge in [0.15, 0.2) is 5.71 Å². The van der Waals surface area contributed by atoms with Gasteiger partial charge in [0, 0.05) is 19.5 Å². The molecule has 94 valence electrons. The topological polar surface area (TPSA) is 79.2 Å². The summed E-state index contributed by atoms with van der Waals surface area (Å²) in [5, 5.41) is 12.1. The van der Waals surface area contributed by atoms with Crippen molar-refractivity contribution in [2.24, 2.45) is 5.16 Å². The minimum Gasteiger partial charge on any atom is -0.477 e. The molecule has 0 aromatic carbocycles. The summed E-state index contributed by atoms with van der Waals surface area (Å²) >= 11 is 0. The lowest BCUT2D eigenvalue weighted by molar-refractivity contribution is -0.141. The van der Waals surface area contributed by atoms with Crippen LogP contribution >= 0.6 is 0 Å². The molecule has 1 atom stereocenters.